The molecule has 2 heterocycles. The number of nitrogens with zero attached hydrogens (tertiary/aromatic N) is 3. The maximum atomic E-state index is 6.25. The highest BCUT2D eigenvalue weighted by atomic mass is 35.5. The molecule has 0 bridgehead atoms. The lowest BCUT2D eigenvalue weighted by Gasteiger charge is -2.09. The van der Waals surface area contributed by atoms with Crippen LogP contribution in [0.4, 0.5) is 0 Å². The Morgan fingerprint density at radius 3 is 2.86 bits per heavy atom. The van der Waals surface area contributed by atoms with Crippen LogP contribution < -0.4 is 0 Å². The van der Waals surface area contributed by atoms with E-state index in [9.17, 15) is 0 Å². The van der Waals surface area contributed by atoms with Crippen molar-refractivity contribution in [1.82, 2.24) is 19.3 Å². The van der Waals surface area contributed by atoms with Crippen molar-refractivity contribution < 1.29 is 0 Å². The fraction of sp³-hybridized carbons (Fsp3) is 0.333. The highest BCUT2D eigenvalue weighted by Crippen LogP contribution is 2.27. The summed E-state index contributed by atoms with van der Waals surface area (Å²) in [7, 11) is 1.94. The van der Waals surface area contributed by atoms with Gasteiger partial charge in [-0.15, -0.1) is 0 Å². The lowest BCUT2D eigenvalue weighted by molar-refractivity contribution is 0.735. The fourth-order valence-corrected chi connectivity index (χ4v) is 3.14. The van der Waals surface area contributed by atoms with Gasteiger partial charge >= 0.3 is 0 Å². The summed E-state index contributed by atoms with van der Waals surface area (Å²) < 4.78 is 4.56. The summed E-state index contributed by atoms with van der Waals surface area (Å²) in [5, 5.41) is 5.34. The molecule has 3 rings (SSSR count). The smallest absolute Gasteiger partial charge is 0.184 e. The SMILES string of the molecule is CCCc1nn(C)c2c1[nH]c(=S)n2-c1cccc(Cl)c1C. The average molecular weight is 321 g/mol. The van der Waals surface area contributed by atoms with Gasteiger partial charge in [0.25, 0.3) is 0 Å². The van der Waals surface area contributed by atoms with Crippen molar-refractivity contribution in [2.45, 2.75) is 26.7 Å². The van der Waals surface area contributed by atoms with Gasteiger partial charge in [-0.25, -0.2) is 4.68 Å². The fourth-order valence-electron chi connectivity index (χ4n) is 2.69. The zero-order valence-electron chi connectivity index (χ0n) is 12.3. The van der Waals surface area contributed by atoms with Crippen LogP contribution in [0.25, 0.3) is 16.9 Å². The van der Waals surface area contributed by atoms with Gasteiger partial charge in [0.2, 0.25) is 0 Å². The van der Waals surface area contributed by atoms with Gasteiger partial charge in [-0.1, -0.05) is 31.0 Å². The Bertz CT molecular complexity index is 872. The number of halogens is 1. The van der Waals surface area contributed by atoms with Crippen molar-refractivity contribution in [1.29, 1.82) is 0 Å². The van der Waals surface area contributed by atoms with Crippen molar-refractivity contribution in [3.63, 3.8) is 0 Å². The van der Waals surface area contributed by atoms with Crippen LogP contribution in [0.5, 0.6) is 0 Å². The normalized spacial score (nSPS) is 11.4. The Morgan fingerprint density at radius 2 is 2.14 bits per heavy atom. The van der Waals surface area contributed by atoms with E-state index < -0.39 is 0 Å². The molecule has 0 radical (unpaired) electrons. The number of hydrogen-bond donors (Lipinski definition) is 1. The quantitative estimate of drug-likeness (QED) is 0.729. The molecule has 6 heteroatoms. The molecule has 2 aromatic heterocycles. The molecule has 21 heavy (non-hydrogen) atoms. The van der Waals surface area contributed by atoms with Crippen molar-refractivity contribution in [2.24, 2.45) is 7.05 Å². The van der Waals surface area contributed by atoms with E-state index in [1.165, 1.54) is 0 Å². The predicted molar refractivity (Wildman–Crippen MR) is 89.0 cm³/mol. The molecule has 0 saturated heterocycles. The van der Waals surface area contributed by atoms with Gasteiger partial charge in [-0.2, -0.15) is 5.10 Å². The number of aromatic amines is 1. The third-order valence-corrected chi connectivity index (χ3v) is 4.40. The van der Waals surface area contributed by atoms with Crippen LogP contribution in [0.1, 0.15) is 24.6 Å². The number of imidazole rings is 1. The molecular weight excluding hydrogens is 304 g/mol. The molecule has 0 saturated carbocycles. The number of nitrogens with one attached hydrogen (secondary N) is 1. The Labute approximate surface area is 133 Å². The zero-order valence-corrected chi connectivity index (χ0v) is 13.8. The van der Waals surface area contributed by atoms with Gasteiger partial charge in [-0.3, -0.25) is 4.57 Å². The Hall–Kier alpha value is -1.59. The number of rotatable bonds is 3. The monoisotopic (exact) mass is 320 g/mol. The van der Waals surface area contributed by atoms with Crippen LogP contribution in [0.2, 0.25) is 5.02 Å². The van der Waals surface area contributed by atoms with Crippen molar-refractivity contribution in [3.8, 4) is 5.69 Å². The summed E-state index contributed by atoms with van der Waals surface area (Å²) in [6.45, 7) is 4.15. The van der Waals surface area contributed by atoms with Gasteiger partial charge in [0.05, 0.1) is 11.4 Å². The molecule has 0 amide bonds. The van der Waals surface area contributed by atoms with E-state index in [0.717, 1.165) is 46.0 Å². The lowest BCUT2D eigenvalue weighted by Crippen LogP contribution is -2.02. The average Bonchev–Trinajstić information content (AvgIpc) is 2.92. The molecule has 4 nitrogen and oxygen atoms in total. The third kappa shape index (κ3) is 2.21. The van der Waals surface area contributed by atoms with Gasteiger partial charge in [-0.05, 0) is 43.3 Å². The van der Waals surface area contributed by atoms with Gasteiger partial charge in [0.1, 0.15) is 5.52 Å². The molecule has 0 unspecified atom stereocenters. The second kappa shape index (κ2) is 5.31. The summed E-state index contributed by atoms with van der Waals surface area (Å²) in [5.41, 5.74) is 5.05. The number of H-pyrrole nitrogens is 1. The minimum absolute atomic E-state index is 0.667. The zero-order chi connectivity index (χ0) is 15.1. The lowest BCUT2D eigenvalue weighted by atomic mass is 10.2. The number of aryl methyl sites for hydroxylation is 2. The molecule has 110 valence electrons. The van der Waals surface area contributed by atoms with E-state index in [-0.39, 0.29) is 0 Å². The topological polar surface area (TPSA) is 38.5 Å². The van der Waals surface area contributed by atoms with Crippen LogP contribution >= 0.6 is 23.8 Å². The molecule has 3 aromatic rings. The first-order valence-corrected chi connectivity index (χ1v) is 7.75. The molecule has 0 atom stereocenters. The first kappa shape index (κ1) is 14.4. The van der Waals surface area contributed by atoms with Crippen LogP contribution in [0.15, 0.2) is 18.2 Å². The predicted octanol–water partition coefficient (Wildman–Crippen LogP) is 4.34. The van der Waals surface area contributed by atoms with E-state index >= 15 is 0 Å². The molecule has 0 fully saturated rings. The van der Waals surface area contributed by atoms with Crippen LogP contribution in [-0.2, 0) is 13.5 Å². The van der Waals surface area contributed by atoms with Crippen LogP contribution in [0, 0.1) is 11.7 Å². The first-order valence-electron chi connectivity index (χ1n) is 6.96. The van der Waals surface area contributed by atoms with E-state index in [1.807, 2.05) is 41.4 Å². The van der Waals surface area contributed by atoms with Crippen LogP contribution in [-0.4, -0.2) is 19.3 Å². The maximum absolute atomic E-state index is 6.25. The van der Waals surface area contributed by atoms with Crippen molar-refractivity contribution >= 4 is 35.0 Å². The van der Waals surface area contributed by atoms with Gasteiger partial charge < -0.3 is 4.98 Å². The second-order valence-corrected chi connectivity index (χ2v) is 5.96. The number of benzene rings is 1. The summed E-state index contributed by atoms with van der Waals surface area (Å²) >= 11 is 11.8. The Balaban J connectivity index is 2.35. The number of fused-ring (bicyclic) bond motifs is 1. The van der Waals surface area contributed by atoms with E-state index in [1.54, 1.807) is 0 Å². The van der Waals surface area contributed by atoms with E-state index in [0.29, 0.717) is 4.77 Å². The first-order chi connectivity index (χ1) is 10.0. The van der Waals surface area contributed by atoms with Gasteiger partial charge in [0.15, 0.2) is 10.4 Å². The molecule has 0 spiro atoms. The molecule has 0 aliphatic rings. The maximum Gasteiger partial charge on any atom is 0.184 e. The molecule has 1 N–H and O–H groups in total. The third-order valence-electron chi connectivity index (χ3n) is 3.70. The largest absolute Gasteiger partial charge is 0.327 e. The highest BCUT2D eigenvalue weighted by Gasteiger charge is 2.17. The van der Waals surface area contributed by atoms with E-state index in [4.69, 9.17) is 23.8 Å². The van der Waals surface area contributed by atoms with E-state index in [2.05, 4.69) is 17.0 Å². The summed E-state index contributed by atoms with van der Waals surface area (Å²) in [6, 6.07) is 5.85. The summed E-state index contributed by atoms with van der Waals surface area (Å²) in [4.78, 5) is 3.30. The molecular formula is C15H17ClN4S. The Morgan fingerprint density at radius 1 is 1.38 bits per heavy atom. The standard InChI is InChI=1S/C15H17ClN4S/c1-4-6-11-13-14(19(3)18-11)20(15(21)17-13)12-8-5-7-10(16)9(12)2/h5,7-8H,4,6H2,1-3H3,(H,17,21). The van der Waals surface area contributed by atoms with Crippen molar-refractivity contribution in [2.75, 3.05) is 0 Å². The minimum Gasteiger partial charge on any atom is -0.327 e. The summed E-state index contributed by atoms with van der Waals surface area (Å²) in [6.07, 6.45) is 1.98. The highest BCUT2D eigenvalue weighted by molar-refractivity contribution is 7.71. The molecule has 0 aliphatic carbocycles. The van der Waals surface area contributed by atoms with Gasteiger partial charge in [0, 0.05) is 12.1 Å². The number of aromatic nitrogens is 4. The van der Waals surface area contributed by atoms with Crippen molar-refractivity contribution in [3.05, 3.63) is 39.3 Å². The minimum atomic E-state index is 0.667. The van der Waals surface area contributed by atoms with Crippen LogP contribution in [0.3, 0.4) is 0 Å². The molecule has 1 aromatic carbocycles. The number of hydrogen-bond acceptors (Lipinski definition) is 2. The molecule has 0 aliphatic heterocycles. The second-order valence-electron chi connectivity index (χ2n) is 5.17. The Kier molecular flexibility index (Phi) is 3.63. The summed E-state index contributed by atoms with van der Waals surface area (Å²) in [5.74, 6) is 0.